The molecule has 3 rings (SSSR count). The third-order valence-electron chi connectivity index (χ3n) is 4.97. The van der Waals surface area contributed by atoms with Gasteiger partial charge in [0, 0.05) is 36.1 Å². The molecular weight excluding hydrogens is 420 g/mol. The molecule has 10 heteroatoms. The molecule has 1 aromatic heterocycles. The van der Waals surface area contributed by atoms with Gasteiger partial charge in [0.25, 0.3) is 5.91 Å². The van der Waals surface area contributed by atoms with Crippen LogP contribution in [0.15, 0.2) is 24.3 Å². The molecular formula is C21H29ClN6O3. The van der Waals surface area contributed by atoms with Gasteiger partial charge in [-0.2, -0.15) is 5.10 Å². The summed E-state index contributed by atoms with van der Waals surface area (Å²) in [6.07, 6.45) is 1.66. The number of amides is 2. The van der Waals surface area contributed by atoms with E-state index in [-0.39, 0.29) is 6.04 Å². The van der Waals surface area contributed by atoms with Crippen LogP contribution in [0.2, 0.25) is 5.02 Å². The van der Waals surface area contributed by atoms with E-state index in [9.17, 15) is 9.59 Å². The number of aromatic amines is 1. The number of anilines is 1. The number of piperidine rings is 1. The second kappa shape index (κ2) is 9.57. The summed E-state index contributed by atoms with van der Waals surface area (Å²) in [6, 6.07) is 7.37. The van der Waals surface area contributed by atoms with E-state index in [0.29, 0.717) is 35.1 Å². The van der Waals surface area contributed by atoms with Crippen LogP contribution in [0, 0.1) is 0 Å². The summed E-state index contributed by atoms with van der Waals surface area (Å²) in [6.45, 7) is 6.78. The van der Waals surface area contributed by atoms with Crippen molar-refractivity contribution >= 4 is 29.4 Å². The molecule has 2 aromatic rings. The Morgan fingerprint density at radius 3 is 2.77 bits per heavy atom. The predicted molar refractivity (Wildman–Crippen MR) is 119 cm³/mol. The SMILES string of the molecule is CC(C)(C)OC(=O)NC1CCCN(c2n[nH]c(C(=O)NN)c2Cc2ccccc2Cl)C1. The molecule has 0 saturated carbocycles. The molecule has 31 heavy (non-hydrogen) atoms. The zero-order valence-electron chi connectivity index (χ0n) is 18.0. The van der Waals surface area contributed by atoms with Crippen molar-refractivity contribution in [2.24, 2.45) is 5.84 Å². The average Bonchev–Trinajstić information content (AvgIpc) is 3.11. The van der Waals surface area contributed by atoms with Crippen molar-refractivity contribution in [1.29, 1.82) is 0 Å². The Bertz CT molecular complexity index is 939. The lowest BCUT2D eigenvalue weighted by molar-refractivity contribution is 0.0499. The van der Waals surface area contributed by atoms with Crippen LogP contribution in [0.1, 0.15) is 55.2 Å². The van der Waals surface area contributed by atoms with Gasteiger partial charge in [0.05, 0.1) is 0 Å². The zero-order chi connectivity index (χ0) is 22.6. The summed E-state index contributed by atoms with van der Waals surface area (Å²) >= 11 is 6.35. The molecule has 1 atom stereocenters. The van der Waals surface area contributed by atoms with Crippen molar-refractivity contribution in [3.05, 3.63) is 46.1 Å². The first-order chi connectivity index (χ1) is 14.7. The molecule has 1 saturated heterocycles. The molecule has 1 aliphatic heterocycles. The van der Waals surface area contributed by atoms with Gasteiger partial charge in [-0.15, -0.1) is 0 Å². The average molecular weight is 449 g/mol. The van der Waals surface area contributed by atoms with Crippen LogP contribution in [0.3, 0.4) is 0 Å². The van der Waals surface area contributed by atoms with Gasteiger partial charge in [0.2, 0.25) is 0 Å². The van der Waals surface area contributed by atoms with Gasteiger partial charge in [-0.25, -0.2) is 10.6 Å². The first-order valence-electron chi connectivity index (χ1n) is 10.2. The van der Waals surface area contributed by atoms with Gasteiger partial charge < -0.3 is 15.0 Å². The van der Waals surface area contributed by atoms with Crippen molar-refractivity contribution in [2.75, 3.05) is 18.0 Å². The molecule has 0 spiro atoms. The number of hydrazine groups is 1. The number of nitrogen functional groups attached to an aromatic ring is 1. The van der Waals surface area contributed by atoms with Crippen LogP contribution in [0.25, 0.3) is 0 Å². The standard InChI is InChI=1S/C21H29ClN6O3/c1-21(2,3)31-20(30)24-14-8-6-10-28(12-14)18-15(17(26-27-18)19(29)25-23)11-13-7-4-5-9-16(13)22/h4-5,7,9,14H,6,8,10-12,23H2,1-3H3,(H,24,30)(H,25,29)(H,26,27). The minimum Gasteiger partial charge on any atom is -0.444 e. The Balaban J connectivity index is 1.82. The molecule has 1 unspecified atom stereocenters. The second-order valence-corrected chi connectivity index (χ2v) is 8.98. The summed E-state index contributed by atoms with van der Waals surface area (Å²) in [5, 5.41) is 10.8. The third-order valence-corrected chi connectivity index (χ3v) is 5.34. The summed E-state index contributed by atoms with van der Waals surface area (Å²) < 4.78 is 5.38. The fourth-order valence-electron chi connectivity index (χ4n) is 3.64. The number of halogens is 1. The van der Waals surface area contributed by atoms with E-state index in [1.54, 1.807) is 6.07 Å². The molecule has 9 nitrogen and oxygen atoms in total. The molecule has 2 heterocycles. The highest BCUT2D eigenvalue weighted by molar-refractivity contribution is 6.31. The number of carbonyl (C=O) groups is 2. The van der Waals surface area contributed by atoms with Gasteiger partial charge in [0.1, 0.15) is 11.3 Å². The normalized spacial score (nSPS) is 16.7. The number of hydrogen-bond acceptors (Lipinski definition) is 6. The molecule has 2 amide bonds. The van der Waals surface area contributed by atoms with Crippen LogP contribution in [0.4, 0.5) is 10.6 Å². The summed E-state index contributed by atoms with van der Waals surface area (Å²) in [5.41, 5.74) is 3.46. The van der Waals surface area contributed by atoms with Crippen LogP contribution in [-0.2, 0) is 11.2 Å². The van der Waals surface area contributed by atoms with E-state index in [1.165, 1.54) is 0 Å². The maximum atomic E-state index is 12.3. The van der Waals surface area contributed by atoms with Crippen LogP contribution < -0.4 is 21.5 Å². The minimum atomic E-state index is -0.562. The zero-order valence-corrected chi connectivity index (χ0v) is 18.8. The highest BCUT2D eigenvalue weighted by Crippen LogP contribution is 2.29. The van der Waals surface area contributed by atoms with Crippen molar-refractivity contribution in [2.45, 2.75) is 51.7 Å². The number of H-pyrrole nitrogens is 1. The molecule has 5 N–H and O–H groups in total. The number of benzene rings is 1. The molecule has 0 aliphatic carbocycles. The Labute approximate surface area is 186 Å². The number of nitrogens with two attached hydrogens (primary N) is 1. The van der Waals surface area contributed by atoms with Crippen LogP contribution >= 0.6 is 11.6 Å². The first-order valence-corrected chi connectivity index (χ1v) is 10.6. The lowest BCUT2D eigenvalue weighted by Crippen LogP contribution is -2.49. The Hall–Kier alpha value is -2.78. The van der Waals surface area contributed by atoms with Gasteiger partial charge >= 0.3 is 6.09 Å². The quantitative estimate of drug-likeness (QED) is 0.316. The number of carbonyl (C=O) groups excluding carboxylic acids is 2. The summed E-state index contributed by atoms with van der Waals surface area (Å²) in [4.78, 5) is 26.6. The first kappa shape index (κ1) is 22.9. The number of nitrogens with one attached hydrogen (secondary N) is 3. The number of alkyl carbamates (subject to hydrolysis) is 1. The Kier molecular flexibility index (Phi) is 7.07. The van der Waals surface area contributed by atoms with Crippen LogP contribution in [0.5, 0.6) is 0 Å². The second-order valence-electron chi connectivity index (χ2n) is 8.57. The maximum Gasteiger partial charge on any atom is 0.407 e. The van der Waals surface area contributed by atoms with Gasteiger partial charge in [-0.3, -0.25) is 15.3 Å². The van der Waals surface area contributed by atoms with Crippen molar-refractivity contribution in [3.8, 4) is 0 Å². The van der Waals surface area contributed by atoms with E-state index >= 15 is 0 Å². The number of aromatic nitrogens is 2. The minimum absolute atomic E-state index is 0.0970. The summed E-state index contributed by atoms with van der Waals surface area (Å²) in [7, 11) is 0. The third kappa shape index (κ3) is 5.89. The highest BCUT2D eigenvalue weighted by Gasteiger charge is 2.29. The van der Waals surface area contributed by atoms with Gasteiger partial charge in [-0.1, -0.05) is 29.8 Å². The Morgan fingerprint density at radius 2 is 2.10 bits per heavy atom. The van der Waals surface area contributed by atoms with E-state index < -0.39 is 17.6 Å². The Morgan fingerprint density at radius 1 is 1.35 bits per heavy atom. The fraction of sp³-hybridized carbons (Fsp3) is 0.476. The van der Waals surface area contributed by atoms with E-state index in [2.05, 4.69) is 25.8 Å². The van der Waals surface area contributed by atoms with E-state index in [4.69, 9.17) is 22.2 Å². The number of rotatable bonds is 5. The van der Waals surface area contributed by atoms with Gasteiger partial charge in [0.15, 0.2) is 5.82 Å². The monoisotopic (exact) mass is 448 g/mol. The molecule has 0 radical (unpaired) electrons. The molecule has 1 aromatic carbocycles. The van der Waals surface area contributed by atoms with Crippen LogP contribution in [-0.4, -0.2) is 46.9 Å². The fourth-order valence-corrected chi connectivity index (χ4v) is 3.84. The smallest absolute Gasteiger partial charge is 0.407 e. The molecule has 0 bridgehead atoms. The number of hydrogen-bond donors (Lipinski definition) is 4. The largest absolute Gasteiger partial charge is 0.444 e. The van der Waals surface area contributed by atoms with Crippen molar-refractivity contribution in [3.63, 3.8) is 0 Å². The molecule has 1 fully saturated rings. The van der Waals surface area contributed by atoms with Crippen molar-refractivity contribution < 1.29 is 14.3 Å². The lowest BCUT2D eigenvalue weighted by Gasteiger charge is -2.34. The maximum absolute atomic E-state index is 12.3. The topological polar surface area (TPSA) is 125 Å². The molecule has 168 valence electrons. The molecule has 1 aliphatic rings. The lowest BCUT2D eigenvalue weighted by atomic mass is 10.0. The van der Waals surface area contributed by atoms with Gasteiger partial charge in [-0.05, 0) is 45.2 Å². The number of nitrogens with zero attached hydrogens (tertiary/aromatic N) is 2. The van der Waals surface area contributed by atoms with E-state index in [1.807, 2.05) is 39.0 Å². The highest BCUT2D eigenvalue weighted by atomic mass is 35.5. The summed E-state index contributed by atoms with van der Waals surface area (Å²) in [5.74, 6) is 5.55. The van der Waals surface area contributed by atoms with Crippen molar-refractivity contribution in [1.82, 2.24) is 20.9 Å². The predicted octanol–water partition coefficient (Wildman–Crippen LogP) is 2.75. The van der Waals surface area contributed by atoms with E-state index in [0.717, 1.165) is 24.9 Å². The number of ether oxygens (including phenoxy) is 1.